The van der Waals surface area contributed by atoms with Gasteiger partial charge in [0.2, 0.25) is 0 Å². The van der Waals surface area contributed by atoms with Gasteiger partial charge in [0.15, 0.2) is 0 Å². The zero-order chi connectivity index (χ0) is 14.3. The van der Waals surface area contributed by atoms with Crippen molar-refractivity contribution in [3.63, 3.8) is 0 Å². The van der Waals surface area contributed by atoms with E-state index in [2.05, 4.69) is 4.98 Å². The number of likely N-dealkylation sites (tertiary alicyclic amines) is 1. The van der Waals surface area contributed by atoms with E-state index in [-0.39, 0.29) is 17.6 Å². The van der Waals surface area contributed by atoms with Gasteiger partial charge in [0.1, 0.15) is 11.5 Å². The summed E-state index contributed by atoms with van der Waals surface area (Å²) in [5.74, 6) is -0.343. The minimum atomic E-state index is -0.409. The Kier molecular flexibility index (Phi) is 3.22. The van der Waals surface area contributed by atoms with Crippen molar-refractivity contribution in [1.82, 2.24) is 9.88 Å². The molecule has 1 aliphatic rings. The maximum atomic E-state index is 13.6. The van der Waals surface area contributed by atoms with Gasteiger partial charge in [-0.25, -0.2) is 4.39 Å². The van der Waals surface area contributed by atoms with Gasteiger partial charge in [-0.1, -0.05) is 6.07 Å². The quantitative estimate of drug-likeness (QED) is 0.883. The summed E-state index contributed by atoms with van der Waals surface area (Å²) in [5, 5.41) is 10.0. The number of aliphatic hydroxyl groups is 1. The number of rotatable bonds is 2. The third-order valence-corrected chi connectivity index (χ3v) is 4.04. The Labute approximate surface area is 116 Å². The fraction of sp³-hybridized carbons (Fsp3) is 0.400. The molecule has 1 aromatic heterocycles. The van der Waals surface area contributed by atoms with E-state index in [0.717, 1.165) is 6.42 Å². The lowest BCUT2D eigenvalue weighted by atomic mass is 10.0. The smallest absolute Gasteiger partial charge is 0.270 e. The van der Waals surface area contributed by atoms with Gasteiger partial charge in [0.25, 0.3) is 5.91 Å². The predicted molar refractivity (Wildman–Crippen MR) is 73.9 cm³/mol. The van der Waals surface area contributed by atoms with Crippen LogP contribution in [0.1, 0.15) is 23.8 Å². The van der Waals surface area contributed by atoms with Gasteiger partial charge >= 0.3 is 0 Å². The van der Waals surface area contributed by atoms with Crippen LogP contribution in [0.2, 0.25) is 0 Å². The van der Waals surface area contributed by atoms with Gasteiger partial charge in [0, 0.05) is 29.9 Å². The molecular formula is C15H17FN2O2. The van der Waals surface area contributed by atoms with E-state index in [1.165, 1.54) is 6.07 Å². The van der Waals surface area contributed by atoms with Crippen molar-refractivity contribution in [2.75, 3.05) is 13.1 Å². The number of amides is 1. The van der Waals surface area contributed by atoms with Gasteiger partial charge in [0.05, 0.1) is 6.10 Å². The molecule has 0 aliphatic carbocycles. The third-order valence-electron chi connectivity index (χ3n) is 4.04. The lowest BCUT2D eigenvalue weighted by molar-refractivity contribution is 0.0757. The van der Waals surface area contributed by atoms with E-state index in [9.17, 15) is 14.3 Å². The standard InChI is InChI=1S/C15H17FN2O2/c1-9(19)10-5-6-18(8-10)15(20)14-7-11-12(16)3-2-4-13(11)17-14/h2-4,7,9-10,17,19H,5-6,8H2,1H3. The van der Waals surface area contributed by atoms with Crippen molar-refractivity contribution in [3.8, 4) is 0 Å². The highest BCUT2D eigenvalue weighted by atomic mass is 19.1. The molecule has 1 aliphatic heterocycles. The number of aromatic amines is 1. The van der Waals surface area contributed by atoms with Crippen LogP contribution in [0.5, 0.6) is 0 Å². The number of carbonyl (C=O) groups excluding carboxylic acids is 1. The van der Waals surface area contributed by atoms with Crippen molar-refractivity contribution in [2.45, 2.75) is 19.4 Å². The Bertz CT molecular complexity index is 650. The Morgan fingerprint density at radius 3 is 3.00 bits per heavy atom. The second-order valence-corrected chi connectivity index (χ2v) is 5.42. The molecule has 20 heavy (non-hydrogen) atoms. The highest BCUT2D eigenvalue weighted by molar-refractivity contribution is 5.98. The summed E-state index contributed by atoms with van der Waals surface area (Å²) in [6, 6.07) is 6.30. The molecule has 2 heterocycles. The first-order valence-electron chi connectivity index (χ1n) is 6.81. The average molecular weight is 276 g/mol. The molecule has 5 heteroatoms. The highest BCUT2D eigenvalue weighted by Crippen LogP contribution is 2.24. The summed E-state index contributed by atoms with van der Waals surface area (Å²) in [6.45, 7) is 2.93. The summed E-state index contributed by atoms with van der Waals surface area (Å²) >= 11 is 0. The summed E-state index contributed by atoms with van der Waals surface area (Å²) in [6.07, 6.45) is 0.394. The van der Waals surface area contributed by atoms with Gasteiger partial charge < -0.3 is 15.0 Å². The topological polar surface area (TPSA) is 56.3 Å². The zero-order valence-corrected chi connectivity index (χ0v) is 11.3. The van der Waals surface area contributed by atoms with Gasteiger partial charge in [-0.3, -0.25) is 4.79 Å². The highest BCUT2D eigenvalue weighted by Gasteiger charge is 2.30. The number of carbonyl (C=O) groups is 1. The number of H-pyrrole nitrogens is 1. The normalized spacial score (nSPS) is 20.6. The molecule has 0 bridgehead atoms. The van der Waals surface area contributed by atoms with Crippen LogP contribution in [0, 0.1) is 11.7 Å². The van der Waals surface area contributed by atoms with Crippen molar-refractivity contribution in [1.29, 1.82) is 0 Å². The lowest BCUT2D eigenvalue weighted by Crippen LogP contribution is -2.30. The monoisotopic (exact) mass is 276 g/mol. The Morgan fingerprint density at radius 2 is 2.35 bits per heavy atom. The minimum absolute atomic E-state index is 0.125. The van der Waals surface area contributed by atoms with Crippen LogP contribution >= 0.6 is 0 Å². The summed E-state index contributed by atoms with van der Waals surface area (Å²) in [5.41, 5.74) is 1.02. The third kappa shape index (κ3) is 2.18. The molecule has 0 saturated carbocycles. The van der Waals surface area contributed by atoms with Crippen LogP contribution in [-0.2, 0) is 0 Å². The van der Waals surface area contributed by atoms with Crippen molar-refractivity contribution in [3.05, 3.63) is 35.8 Å². The van der Waals surface area contributed by atoms with E-state index >= 15 is 0 Å². The molecule has 2 unspecified atom stereocenters. The molecule has 1 saturated heterocycles. The zero-order valence-electron chi connectivity index (χ0n) is 11.3. The van der Waals surface area contributed by atoms with Crippen LogP contribution in [0.3, 0.4) is 0 Å². The van der Waals surface area contributed by atoms with Crippen LogP contribution in [-0.4, -0.2) is 40.1 Å². The summed E-state index contributed by atoms with van der Waals surface area (Å²) in [4.78, 5) is 17.1. The Hall–Kier alpha value is -1.88. The van der Waals surface area contributed by atoms with E-state index in [0.29, 0.717) is 29.7 Å². The fourth-order valence-corrected chi connectivity index (χ4v) is 2.77. The van der Waals surface area contributed by atoms with Crippen LogP contribution in [0.25, 0.3) is 10.9 Å². The van der Waals surface area contributed by atoms with Crippen LogP contribution in [0.15, 0.2) is 24.3 Å². The van der Waals surface area contributed by atoms with Gasteiger partial charge in [-0.05, 0) is 31.5 Å². The maximum absolute atomic E-state index is 13.6. The number of nitrogens with zero attached hydrogens (tertiary/aromatic N) is 1. The van der Waals surface area contributed by atoms with E-state index in [1.807, 2.05) is 0 Å². The van der Waals surface area contributed by atoms with Crippen molar-refractivity contribution < 1.29 is 14.3 Å². The number of fused-ring (bicyclic) bond motifs is 1. The number of hydrogen-bond donors (Lipinski definition) is 2. The molecular weight excluding hydrogens is 259 g/mol. The van der Waals surface area contributed by atoms with E-state index < -0.39 is 6.10 Å². The van der Waals surface area contributed by atoms with Crippen LogP contribution in [0.4, 0.5) is 4.39 Å². The molecule has 0 radical (unpaired) electrons. The van der Waals surface area contributed by atoms with Gasteiger partial charge in [-0.2, -0.15) is 0 Å². The molecule has 1 fully saturated rings. The number of nitrogens with one attached hydrogen (secondary N) is 1. The number of aliphatic hydroxyl groups excluding tert-OH is 1. The predicted octanol–water partition coefficient (Wildman–Crippen LogP) is 2.15. The second-order valence-electron chi connectivity index (χ2n) is 5.42. The Balaban J connectivity index is 1.84. The average Bonchev–Trinajstić information content (AvgIpc) is 3.05. The molecule has 3 rings (SSSR count). The molecule has 0 spiro atoms. The van der Waals surface area contributed by atoms with Crippen LogP contribution < -0.4 is 0 Å². The molecule has 4 nitrogen and oxygen atoms in total. The van der Waals surface area contributed by atoms with E-state index in [4.69, 9.17) is 0 Å². The van der Waals surface area contributed by atoms with E-state index in [1.54, 1.807) is 30.0 Å². The first-order chi connectivity index (χ1) is 9.56. The van der Waals surface area contributed by atoms with Crippen molar-refractivity contribution in [2.24, 2.45) is 5.92 Å². The minimum Gasteiger partial charge on any atom is -0.393 e. The Morgan fingerprint density at radius 1 is 1.55 bits per heavy atom. The largest absolute Gasteiger partial charge is 0.393 e. The summed E-state index contributed by atoms with van der Waals surface area (Å²) < 4.78 is 13.6. The number of halogens is 1. The fourth-order valence-electron chi connectivity index (χ4n) is 2.77. The molecule has 1 amide bonds. The lowest BCUT2D eigenvalue weighted by Gasteiger charge is -2.16. The number of hydrogen-bond acceptors (Lipinski definition) is 2. The molecule has 2 N–H and O–H groups in total. The molecule has 2 aromatic rings. The summed E-state index contributed by atoms with van der Waals surface area (Å²) in [7, 11) is 0. The van der Waals surface area contributed by atoms with Crippen molar-refractivity contribution >= 4 is 16.8 Å². The molecule has 2 atom stereocenters. The second kappa shape index (κ2) is 4.90. The maximum Gasteiger partial charge on any atom is 0.270 e. The first kappa shape index (κ1) is 13.1. The van der Waals surface area contributed by atoms with Gasteiger partial charge in [-0.15, -0.1) is 0 Å². The molecule has 1 aromatic carbocycles. The first-order valence-corrected chi connectivity index (χ1v) is 6.81. The SMILES string of the molecule is CC(O)C1CCN(C(=O)c2cc3c(F)cccc3[nH]2)C1. The number of aromatic nitrogens is 1. The number of benzene rings is 1. The molecule has 106 valence electrons.